The van der Waals surface area contributed by atoms with Crippen LogP contribution < -0.4 is 10.5 Å². The van der Waals surface area contributed by atoms with Crippen molar-refractivity contribution in [1.82, 2.24) is 4.90 Å². The topological polar surface area (TPSA) is 55.6 Å². The van der Waals surface area contributed by atoms with E-state index in [0.29, 0.717) is 19.1 Å². The Morgan fingerprint density at radius 1 is 1.42 bits per heavy atom. The lowest BCUT2D eigenvalue weighted by Crippen LogP contribution is -2.29. The molecule has 2 N–H and O–H groups in total. The maximum atomic E-state index is 12.2. The number of carbonyl (C=O) groups is 1. The van der Waals surface area contributed by atoms with Gasteiger partial charge in [-0.3, -0.25) is 4.79 Å². The summed E-state index contributed by atoms with van der Waals surface area (Å²) in [5, 5.41) is 0. The fourth-order valence-electron chi connectivity index (χ4n) is 2.25. The average molecular weight is 285 g/mol. The zero-order valence-electron chi connectivity index (χ0n) is 11.2. The van der Waals surface area contributed by atoms with E-state index in [1.54, 1.807) is 0 Å². The third kappa shape index (κ3) is 3.85. The number of carbonyl (C=O) groups excluding carboxylic acids is 1. The highest BCUT2D eigenvalue weighted by Crippen LogP contribution is 2.19. The Balaban J connectivity index is 0.00000180. The Bertz CT molecular complexity index is 408. The van der Waals surface area contributed by atoms with Crippen LogP contribution in [-0.2, 0) is 0 Å². The number of halogens is 1. The fraction of sp³-hybridized carbons (Fsp3) is 0.500. The summed E-state index contributed by atoms with van der Waals surface area (Å²) < 4.78 is 5.36. The van der Waals surface area contributed by atoms with Crippen LogP contribution in [0.15, 0.2) is 24.3 Å². The lowest BCUT2D eigenvalue weighted by Gasteiger charge is -2.16. The summed E-state index contributed by atoms with van der Waals surface area (Å²) >= 11 is 0. The molecule has 1 aliphatic rings. The Morgan fingerprint density at radius 2 is 2.11 bits per heavy atom. The molecule has 1 fully saturated rings. The standard InChI is InChI=1S/C14H20N2O2.ClH/c1-2-18-13-5-3-12(4-6-13)14(17)16-8-7-11(9-15)10-16;/h3-6,11H,2,7-10,15H2,1H3;1H. The summed E-state index contributed by atoms with van der Waals surface area (Å²) in [6, 6.07) is 7.33. The van der Waals surface area contributed by atoms with Gasteiger partial charge >= 0.3 is 0 Å². The third-order valence-electron chi connectivity index (χ3n) is 3.32. The molecule has 1 amide bonds. The lowest BCUT2D eigenvalue weighted by atomic mass is 10.1. The minimum atomic E-state index is 0. The largest absolute Gasteiger partial charge is 0.494 e. The molecule has 0 aromatic heterocycles. The summed E-state index contributed by atoms with van der Waals surface area (Å²) in [4.78, 5) is 14.1. The van der Waals surface area contributed by atoms with E-state index in [9.17, 15) is 4.79 Å². The number of ether oxygens (including phenoxy) is 1. The van der Waals surface area contributed by atoms with Gasteiger partial charge in [0.05, 0.1) is 6.61 Å². The van der Waals surface area contributed by atoms with Gasteiger partial charge in [0.15, 0.2) is 0 Å². The van der Waals surface area contributed by atoms with Gasteiger partial charge in [0.1, 0.15) is 5.75 Å². The number of nitrogens with zero attached hydrogens (tertiary/aromatic N) is 1. The molecule has 1 saturated heterocycles. The summed E-state index contributed by atoms with van der Waals surface area (Å²) in [6.07, 6.45) is 1.01. The van der Waals surface area contributed by atoms with Crippen LogP contribution in [0.2, 0.25) is 0 Å². The second-order valence-electron chi connectivity index (χ2n) is 4.60. The van der Waals surface area contributed by atoms with E-state index in [0.717, 1.165) is 30.8 Å². The van der Waals surface area contributed by atoms with Crippen molar-refractivity contribution in [2.75, 3.05) is 26.2 Å². The minimum Gasteiger partial charge on any atom is -0.494 e. The lowest BCUT2D eigenvalue weighted by molar-refractivity contribution is 0.0787. The second kappa shape index (κ2) is 7.36. The van der Waals surface area contributed by atoms with Gasteiger partial charge in [0, 0.05) is 18.7 Å². The maximum Gasteiger partial charge on any atom is 0.253 e. The van der Waals surface area contributed by atoms with E-state index in [-0.39, 0.29) is 18.3 Å². The van der Waals surface area contributed by atoms with Gasteiger partial charge in [0.2, 0.25) is 0 Å². The molecular formula is C14H21ClN2O2. The first-order valence-electron chi connectivity index (χ1n) is 6.46. The van der Waals surface area contributed by atoms with Crippen molar-refractivity contribution in [2.24, 2.45) is 11.7 Å². The zero-order valence-corrected chi connectivity index (χ0v) is 12.0. The van der Waals surface area contributed by atoms with E-state index in [1.165, 1.54) is 0 Å². The van der Waals surface area contributed by atoms with Crippen LogP contribution in [0, 0.1) is 5.92 Å². The molecule has 19 heavy (non-hydrogen) atoms. The van der Waals surface area contributed by atoms with Crippen molar-refractivity contribution in [3.05, 3.63) is 29.8 Å². The van der Waals surface area contributed by atoms with Crippen LogP contribution in [0.1, 0.15) is 23.7 Å². The molecular weight excluding hydrogens is 264 g/mol. The quantitative estimate of drug-likeness (QED) is 0.919. The first kappa shape index (κ1) is 15.8. The van der Waals surface area contributed by atoms with Crippen LogP contribution in [0.25, 0.3) is 0 Å². The highest BCUT2D eigenvalue weighted by Gasteiger charge is 2.25. The minimum absolute atomic E-state index is 0. The van der Waals surface area contributed by atoms with Gasteiger partial charge in [-0.25, -0.2) is 0 Å². The molecule has 0 bridgehead atoms. The Kier molecular flexibility index (Phi) is 6.12. The molecule has 1 atom stereocenters. The van der Waals surface area contributed by atoms with Crippen LogP contribution in [0.3, 0.4) is 0 Å². The average Bonchev–Trinajstić information content (AvgIpc) is 2.88. The van der Waals surface area contributed by atoms with Gasteiger partial charge in [-0.05, 0) is 50.1 Å². The van der Waals surface area contributed by atoms with E-state index < -0.39 is 0 Å². The van der Waals surface area contributed by atoms with Gasteiger partial charge < -0.3 is 15.4 Å². The van der Waals surface area contributed by atoms with Gasteiger partial charge in [-0.15, -0.1) is 12.4 Å². The molecule has 1 aromatic carbocycles. The third-order valence-corrected chi connectivity index (χ3v) is 3.32. The smallest absolute Gasteiger partial charge is 0.253 e. The Hall–Kier alpha value is -1.26. The molecule has 1 aliphatic heterocycles. The molecule has 0 aliphatic carbocycles. The Labute approximate surface area is 120 Å². The number of benzene rings is 1. The first-order valence-corrected chi connectivity index (χ1v) is 6.46. The number of hydrogen-bond donors (Lipinski definition) is 1. The molecule has 2 rings (SSSR count). The monoisotopic (exact) mass is 284 g/mol. The van der Waals surface area contributed by atoms with Crippen molar-refractivity contribution in [3.8, 4) is 5.75 Å². The fourth-order valence-corrected chi connectivity index (χ4v) is 2.25. The number of hydrogen-bond acceptors (Lipinski definition) is 3. The molecule has 1 heterocycles. The summed E-state index contributed by atoms with van der Waals surface area (Å²) in [5.74, 6) is 1.35. The molecule has 0 saturated carbocycles. The van der Waals surface area contributed by atoms with Crippen LogP contribution >= 0.6 is 12.4 Å². The zero-order chi connectivity index (χ0) is 13.0. The predicted molar refractivity (Wildman–Crippen MR) is 77.9 cm³/mol. The Morgan fingerprint density at radius 3 is 2.63 bits per heavy atom. The first-order chi connectivity index (χ1) is 8.74. The molecule has 0 radical (unpaired) electrons. The highest BCUT2D eigenvalue weighted by atomic mass is 35.5. The number of likely N-dealkylation sites (tertiary alicyclic amines) is 1. The van der Waals surface area contributed by atoms with E-state index in [1.807, 2.05) is 36.1 Å². The van der Waals surface area contributed by atoms with E-state index >= 15 is 0 Å². The van der Waals surface area contributed by atoms with Gasteiger partial charge in [-0.2, -0.15) is 0 Å². The number of amides is 1. The summed E-state index contributed by atoms with van der Waals surface area (Å²) in [6.45, 7) is 4.83. The van der Waals surface area contributed by atoms with Crippen LogP contribution in [0.5, 0.6) is 5.75 Å². The van der Waals surface area contributed by atoms with Crippen LogP contribution in [-0.4, -0.2) is 37.0 Å². The van der Waals surface area contributed by atoms with Crippen molar-refractivity contribution >= 4 is 18.3 Å². The van der Waals surface area contributed by atoms with Crippen molar-refractivity contribution in [3.63, 3.8) is 0 Å². The SMILES string of the molecule is CCOc1ccc(C(=O)N2CCC(CN)C2)cc1.Cl. The predicted octanol–water partition coefficient (Wildman–Crippen LogP) is 1.93. The van der Waals surface area contributed by atoms with E-state index in [4.69, 9.17) is 10.5 Å². The van der Waals surface area contributed by atoms with Crippen molar-refractivity contribution in [2.45, 2.75) is 13.3 Å². The molecule has 0 spiro atoms. The molecule has 5 heteroatoms. The summed E-state index contributed by atoms with van der Waals surface area (Å²) in [5.41, 5.74) is 6.35. The molecule has 1 aromatic rings. The van der Waals surface area contributed by atoms with Gasteiger partial charge in [0.25, 0.3) is 5.91 Å². The maximum absolute atomic E-state index is 12.2. The van der Waals surface area contributed by atoms with Gasteiger partial charge in [-0.1, -0.05) is 0 Å². The van der Waals surface area contributed by atoms with Crippen LogP contribution in [0.4, 0.5) is 0 Å². The number of nitrogens with two attached hydrogens (primary N) is 1. The highest BCUT2D eigenvalue weighted by molar-refractivity contribution is 5.94. The summed E-state index contributed by atoms with van der Waals surface area (Å²) in [7, 11) is 0. The molecule has 106 valence electrons. The normalized spacial score (nSPS) is 18.0. The van der Waals surface area contributed by atoms with Crippen molar-refractivity contribution < 1.29 is 9.53 Å². The number of rotatable bonds is 4. The van der Waals surface area contributed by atoms with E-state index in [2.05, 4.69) is 0 Å². The molecule has 1 unspecified atom stereocenters. The van der Waals surface area contributed by atoms with Crippen molar-refractivity contribution in [1.29, 1.82) is 0 Å². The second-order valence-corrected chi connectivity index (χ2v) is 4.60. The molecule has 4 nitrogen and oxygen atoms in total.